The molecular formula is C19H30ClN. The van der Waals surface area contributed by atoms with Crippen molar-refractivity contribution >= 4 is 11.6 Å². The Morgan fingerprint density at radius 3 is 2.48 bits per heavy atom. The second-order valence-corrected chi connectivity index (χ2v) is 7.02. The van der Waals surface area contributed by atoms with Gasteiger partial charge in [0.15, 0.2) is 0 Å². The maximum absolute atomic E-state index is 6.04. The molecule has 0 spiro atoms. The molecular weight excluding hydrogens is 278 g/mol. The van der Waals surface area contributed by atoms with Crippen LogP contribution >= 0.6 is 11.6 Å². The van der Waals surface area contributed by atoms with E-state index < -0.39 is 0 Å². The van der Waals surface area contributed by atoms with E-state index in [0.29, 0.717) is 5.92 Å². The van der Waals surface area contributed by atoms with Gasteiger partial charge in [0.25, 0.3) is 0 Å². The quantitative estimate of drug-likeness (QED) is 0.577. The third-order valence-corrected chi connectivity index (χ3v) is 4.98. The molecule has 0 aromatic heterocycles. The van der Waals surface area contributed by atoms with E-state index in [-0.39, 0.29) is 0 Å². The molecule has 2 rings (SSSR count). The lowest BCUT2D eigenvalue weighted by Gasteiger charge is -2.24. The zero-order chi connectivity index (χ0) is 15.1. The summed E-state index contributed by atoms with van der Waals surface area (Å²) >= 11 is 6.04. The fourth-order valence-corrected chi connectivity index (χ4v) is 3.18. The minimum Gasteiger partial charge on any atom is -0.313 e. The Balaban J connectivity index is 1.97. The van der Waals surface area contributed by atoms with E-state index in [1.165, 1.54) is 50.5 Å². The number of rotatable bonds is 10. The van der Waals surface area contributed by atoms with Crippen LogP contribution in [-0.4, -0.2) is 12.6 Å². The van der Waals surface area contributed by atoms with Gasteiger partial charge in [0.2, 0.25) is 0 Å². The lowest BCUT2D eigenvalue weighted by molar-refractivity contribution is 0.375. The molecule has 21 heavy (non-hydrogen) atoms. The highest BCUT2D eigenvalue weighted by atomic mass is 35.5. The van der Waals surface area contributed by atoms with Crippen molar-refractivity contribution < 1.29 is 0 Å². The fourth-order valence-electron chi connectivity index (χ4n) is 3.05. The predicted octanol–water partition coefficient (Wildman–Crippen LogP) is 5.78. The van der Waals surface area contributed by atoms with Gasteiger partial charge in [-0.25, -0.2) is 0 Å². The van der Waals surface area contributed by atoms with E-state index in [1.54, 1.807) is 0 Å². The van der Waals surface area contributed by atoms with Crippen molar-refractivity contribution in [2.45, 2.75) is 70.8 Å². The van der Waals surface area contributed by atoms with Crippen LogP contribution in [0.15, 0.2) is 24.3 Å². The molecule has 0 radical (unpaired) electrons. The summed E-state index contributed by atoms with van der Waals surface area (Å²) in [6, 6.07) is 9.29. The summed E-state index contributed by atoms with van der Waals surface area (Å²) in [6.45, 7) is 5.75. The van der Waals surface area contributed by atoms with Gasteiger partial charge in [-0.05, 0) is 48.8 Å². The first-order valence-corrected chi connectivity index (χ1v) is 9.09. The zero-order valence-corrected chi connectivity index (χ0v) is 14.3. The van der Waals surface area contributed by atoms with E-state index in [0.717, 1.165) is 23.5 Å². The molecule has 1 saturated carbocycles. The van der Waals surface area contributed by atoms with Gasteiger partial charge in [-0.1, -0.05) is 63.3 Å². The molecule has 0 aliphatic heterocycles. The number of unbranched alkanes of at least 4 members (excludes halogenated alkanes) is 1. The van der Waals surface area contributed by atoms with Crippen LogP contribution in [0, 0.1) is 5.92 Å². The van der Waals surface area contributed by atoms with Gasteiger partial charge >= 0.3 is 0 Å². The molecule has 118 valence electrons. The molecule has 2 atom stereocenters. The number of hydrogen-bond acceptors (Lipinski definition) is 1. The molecule has 2 heteroatoms. The Labute approximate surface area is 135 Å². The number of nitrogens with one attached hydrogen (secondary N) is 1. The van der Waals surface area contributed by atoms with Crippen molar-refractivity contribution in [3.63, 3.8) is 0 Å². The van der Waals surface area contributed by atoms with Crippen LogP contribution in [0.1, 0.15) is 70.3 Å². The van der Waals surface area contributed by atoms with E-state index in [4.69, 9.17) is 11.6 Å². The van der Waals surface area contributed by atoms with Crippen LogP contribution in [-0.2, 0) is 0 Å². The molecule has 2 unspecified atom stereocenters. The topological polar surface area (TPSA) is 12.0 Å². The van der Waals surface area contributed by atoms with E-state index in [2.05, 4.69) is 31.3 Å². The van der Waals surface area contributed by atoms with Gasteiger partial charge < -0.3 is 5.32 Å². The maximum atomic E-state index is 6.04. The Hall–Kier alpha value is -0.530. The van der Waals surface area contributed by atoms with E-state index in [9.17, 15) is 0 Å². The van der Waals surface area contributed by atoms with Crippen LogP contribution < -0.4 is 5.32 Å². The number of halogens is 1. The zero-order valence-electron chi connectivity index (χ0n) is 13.6. The third kappa shape index (κ3) is 6.00. The smallest absolute Gasteiger partial charge is 0.0406 e. The SMILES string of the molecule is CCCCC(CC)CC(CNC1CC1)c1ccc(Cl)cc1. The van der Waals surface area contributed by atoms with Gasteiger partial charge in [0, 0.05) is 17.6 Å². The summed E-state index contributed by atoms with van der Waals surface area (Å²) in [5.41, 5.74) is 1.45. The Bertz CT molecular complexity index is 397. The van der Waals surface area contributed by atoms with Gasteiger partial charge in [-0.15, -0.1) is 0 Å². The van der Waals surface area contributed by atoms with Crippen LogP contribution in [0.3, 0.4) is 0 Å². The lowest BCUT2D eigenvalue weighted by atomic mass is 9.85. The Morgan fingerprint density at radius 2 is 1.90 bits per heavy atom. The summed E-state index contributed by atoms with van der Waals surface area (Å²) < 4.78 is 0. The minimum absolute atomic E-state index is 0.629. The van der Waals surface area contributed by atoms with Crippen LogP contribution in [0.5, 0.6) is 0 Å². The van der Waals surface area contributed by atoms with Gasteiger partial charge in [0.05, 0.1) is 0 Å². The molecule has 1 fully saturated rings. The van der Waals surface area contributed by atoms with Crippen molar-refractivity contribution in [1.82, 2.24) is 5.32 Å². The maximum Gasteiger partial charge on any atom is 0.0406 e. The second-order valence-electron chi connectivity index (χ2n) is 6.58. The average Bonchev–Trinajstić information content (AvgIpc) is 3.32. The summed E-state index contributed by atoms with van der Waals surface area (Å²) in [6.07, 6.45) is 9.37. The van der Waals surface area contributed by atoms with Gasteiger partial charge in [0.1, 0.15) is 0 Å². The first-order valence-electron chi connectivity index (χ1n) is 8.71. The van der Waals surface area contributed by atoms with Crippen molar-refractivity contribution in [2.75, 3.05) is 6.54 Å². The molecule has 1 aromatic rings. The molecule has 0 heterocycles. The largest absolute Gasteiger partial charge is 0.313 e. The number of hydrogen-bond donors (Lipinski definition) is 1. The van der Waals surface area contributed by atoms with Gasteiger partial charge in [-0.3, -0.25) is 0 Å². The summed E-state index contributed by atoms with van der Waals surface area (Å²) in [7, 11) is 0. The number of benzene rings is 1. The highest BCUT2D eigenvalue weighted by Gasteiger charge is 2.23. The minimum atomic E-state index is 0.629. The summed E-state index contributed by atoms with van der Waals surface area (Å²) in [5, 5.41) is 4.56. The van der Waals surface area contributed by atoms with Gasteiger partial charge in [-0.2, -0.15) is 0 Å². The first kappa shape index (κ1) is 16.8. The first-order chi connectivity index (χ1) is 10.2. The average molecular weight is 308 g/mol. The van der Waals surface area contributed by atoms with Crippen molar-refractivity contribution in [2.24, 2.45) is 5.92 Å². The van der Waals surface area contributed by atoms with Crippen LogP contribution in [0.25, 0.3) is 0 Å². The molecule has 1 aromatic carbocycles. The Kier molecular flexibility index (Phi) is 7.06. The van der Waals surface area contributed by atoms with Crippen LogP contribution in [0.4, 0.5) is 0 Å². The van der Waals surface area contributed by atoms with Crippen molar-refractivity contribution in [1.29, 1.82) is 0 Å². The van der Waals surface area contributed by atoms with Crippen LogP contribution in [0.2, 0.25) is 5.02 Å². The van der Waals surface area contributed by atoms with Crippen molar-refractivity contribution in [3.8, 4) is 0 Å². The monoisotopic (exact) mass is 307 g/mol. The Morgan fingerprint density at radius 1 is 1.19 bits per heavy atom. The molecule has 1 nitrogen and oxygen atoms in total. The molecule has 0 saturated heterocycles. The molecule has 0 amide bonds. The normalized spacial score (nSPS) is 17.7. The van der Waals surface area contributed by atoms with Crippen molar-refractivity contribution in [3.05, 3.63) is 34.9 Å². The fraction of sp³-hybridized carbons (Fsp3) is 0.684. The summed E-state index contributed by atoms with van der Waals surface area (Å²) in [5.74, 6) is 1.48. The molecule has 1 aliphatic rings. The van der Waals surface area contributed by atoms with E-state index in [1.807, 2.05) is 12.1 Å². The third-order valence-electron chi connectivity index (χ3n) is 4.73. The lowest BCUT2D eigenvalue weighted by Crippen LogP contribution is -2.25. The standard InChI is InChI=1S/C19H30ClN/c1-3-5-6-15(4-2)13-17(14-21-19-11-12-19)16-7-9-18(20)10-8-16/h7-10,15,17,19,21H,3-6,11-14H2,1-2H3. The molecule has 1 aliphatic carbocycles. The molecule has 0 bridgehead atoms. The second kappa shape index (κ2) is 8.80. The van der Waals surface area contributed by atoms with E-state index >= 15 is 0 Å². The highest BCUT2D eigenvalue weighted by Crippen LogP contribution is 2.30. The summed E-state index contributed by atoms with van der Waals surface area (Å²) in [4.78, 5) is 0. The predicted molar refractivity (Wildman–Crippen MR) is 93.1 cm³/mol. The molecule has 1 N–H and O–H groups in total. The highest BCUT2D eigenvalue weighted by molar-refractivity contribution is 6.30.